The molecule has 0 bridgehead atoms. The Morgan fingerprint density at radius 2 is 1.92 bits per heavy atom. The average Bonchev–Trinajstić information content (AvgIpc) is 3.04. The van der Waals surface area contributed by atoms with Crippen molar-refractivity contribution in [3.8, 4) is 22.4 Å². The van der Waals surface area contributed by atoms with E-state index >= 15 is 0 Å². The van der Waals surface area contributed by atoms with Crippen LogP contribution in [0.2, 0.25) is 0 Å². The number of anilines is 1. The molecule has 0 spiro atoms. The van der Waals surface area contributed by atoms with Gasteiger partial charge in [-0.3, -0.25) is 4.98 Å². The van der Waals surface area contributed by atoms with Crippen LogP contribution in [0.15, 0.2) is 47.3 Å². The number of H-pyrrole nitrogens is 1. The molecule has 0 saturated carbocycles. The molecule has 0 atom stereocenters. The van der Waals surface area contributed by atoms with Crippen LogP contribution in [0.5, 0.6) is 0 Å². The number of nitrogen functional groups attached to an aromatic ring is 1. The highest BCUT2D eigenvalue weighted by atomic mass is 16.3. The van der Waals surface area contributed by atoms with Crippen molar-refractivity contribution in [1.82, 2.24) is 24.6 Å². The highest BCUT2D eigenvalue weighted by molar-refractivity contribution is 5.90. The van der Waals surface area contributed by atoms with Gasteiger partial charge in [-0.2, -0.15) is 5.10 Å². The predicted octanol–water partition coefficient (Wildman–Crippen LogP) is 1.53. The monoisotopic (exact) mass is 348 g/mol. The van der Waals surface area contributed by atoms with E-state index in [1.807, 2.05) is 43.3 Å². The van der Waals surface area contributed by atoms with Crippen molar-refractivity contribution < 1.29 is 5.11 Å². The minimum absolute atomic E-state index is 0.0505. The van der Waals surface area contributed by atoms with Gasteiger partial charge in [0.25, 0.3) is 0 Å². The third kappa shape index (κ3) is 2.52. The molecule has 0 unspecified atom stereocenters. The minimum atomic E-state index is -0.459. The molecule has 3 aromatic heterocycles. The fraction of sp³-hybridized carbons (Fsp3) is 0.111. The average molecular weight is 348 g/mol. The molecular formula is C18H16N6O2. The normalized spacial score (nSPS) is 11.2. The summed E-state index contributed by atoms with van der Waals surface area (Å²) in [4.78, 5) is 20.8. The van der Waals surface area contributed by atoms with E-state index < -0.39 is 5.69 Å². The smallest absolute Gasteiger partial charge is 0.350 e. The standard InChI is InChI=1S/C18H16N6O2/c1-10-7-12(8-13(9-25)20-10)14-15(11-5-3-2-4-6-11)21-17(19)24-16(14)22-23-18(24)26/h2-8,25H,9H2,1H3,(H2,19,21)(H,23,26). The molecule has 26 heavy (non-hydrogen) atoms. The van der Waals surface area contributed by atoms with Crippen LogP contribution in [0.1, 0.15) is 11.4 Å². The third-order valence-corrected chi connectivity index (χ3v) is 4.09. The fourth-order valence-electron chi connectivity index (χ4n) is 3.04. The molecule has 4 aromatic rings. The summed E-state index contributed by atoms with van der Waals surface area (Å²) in [6.45, 7) is 1.64. The Labute approximate surface area is 148 Å². The zero-order valence-electron chi connectivity index (χ0n) is 14.0. The van der Waals surface area contributed by atoms with E-state index in [9.17, 15) is 9.90 Å². The van der Waals surface area contributed by atoms with Crippen LogP contribution in [0.4, 0.5) is 5.95 Å². The first-order valence-electron chi connectivity index (χ1n) is 7.99. The summed E-state index contributed by atoms with van der Waals surface area (Å²) in [5.41, 5.74) is 10.0. The van der Waals surface area contributed by atoms with Gasteiger partial charge in [0.15, 0.2) is 5.65 Å². The summed E-state index contributed by atoms with van der Waals surface area (Å²) in [7, 11) is 0. The van der Waals surface area contributed by atoms with E-state index in [0.717, 1.165) is 16.8 Å². The van der Waals surface area contributed by atoms with E-state index in [1.165, 1.54) is 4.40 Å². The maximum Gasteiger partial charge on any atom is 0.350 e. The lowest BCUT2D eigenvalue weighted by atomic mass is 9.99. The van der Waals surface area contributed by atoms with Crippen LogP contribution >= 0.6 is 0 Å². The van der Waals surface area contributed by atoms with Gasteiger partial charge in [0.2, 0.25) is 5.95 Å². The number of rotatable bonds is 3. The first kappa shape index (κ1) is 16.0. The number of pyridine rings is 1. The summed E-state index contributed by atoms with van der Waals surface area (Å²) in [5, 5.41) is 16.1. The Morgan fingerprint density at radius 1 is 1.15 bits per heavy atom. The highest BCUT2D eigenvalue weighted by Crippen LogP contribution is 2.34. The van der Waals surface area contributed by atoms with Crippen molar-refractivity contribution >= 4 is 11.6 Å². The van der Waals surface area contributed by atoms with Crippen molar-refractivity contribution in [1.29, 1.82) is 0 Å². The zero-order valence-corrected chi connectivity index (χ0v) is 14.0. The maximum atomic E-state index is 12.1. The quantitative estimate of drug-likeness (QED) is 0.516. The Kier molecular flexibility index (Phi) is 3.74. The number of aromatic amines is 1. The molecule has 0 amide bonds. The van der Waals surface area contributed by atoms with Gasteiger partial charge < -0.3 is 10.8 Å². The summed E-state index contributed by atoms with van der Waals surface area (Å²) >= 11 is 0. The maximum absolute atomic E-state index is 12.1. The second-order valence-corrected chi connectivity index (χ2v) is 5.89. The second kappa shape index (κ2) is 6.08. The number of aromatic nitrogens is 5. The summed E-state index contributed by atoms with van der Waals surface area (Å²) in [5.74, 6) is 0.0505. The van der Waals surface area contributed by atoms with Crippen LogP contribution < -0.4 is 11.4 Å². The summed E-state index contributed by atoms with van der Waals surface area (Å²) in [6.07, 6.45) is 0. The lowest BCUT2D eigenvalue weighted by Crippen LogP contribution is -2.15. The van der Waals surface area contributed by atoms with Crippen molar-refractivity contribution in [3.05, 3.63) is 64.3 Å². The molecule has 8 nitrogen and oxygen atoms in total. The van der Waals surface area contributed by atoms with Crippen molar-refractivity contribution in [2.75, 3.05) is 5.73 Å². The van der Waals surface area contributed by atoms with E-state index in [2.05, 4.69) is 20.2 Å². The van der Waals surface area contributed by atoms with Crippen molar-refractivity contribution in [2.45, 2.75) is 13.5 Å². The molecule has 130 valence electrons. The first-order chi connectivity index (χ1) is 12.6. The second-order valence-electron chi connectivity index (χ2n) is 5.89. The van der Waals surface area contributed by atoms with Gasteiger partial charge in [-0.1, -0.05) is 30.3 Å². The molecule has 4 rings (SSSR count). The molecule has 0 radical (unpaired) electrons. The molecule has 3 heterocycles. The van der Waals surface area contributed by atoms with Crippen LogP contribution in [0.3, 0.4) is 0 Å². The molecule has 1 aromatic carbocycles. The first-order valence-corrected chi connectivity index (χ1v) is 7.99. The third-order valence-electron chi connectivity index (χ3n) is 4.09. The van der Waals surface area contributed by atoms with Gasteiger partial charge in [-0.15, -0.1) is 0 Å². The molecule has 0 saturated heterocycles. The summed E-state index contributed by atoms with van der Waals surface area (Å²) in [6, 6.07) is 13.1. The highest BCUT2D eigenvalue weighted by Gasteiger charge is 2.20. The van der Waals surface area contributed by atoms with Crippen molar-refractivity contribution in [2.24, 2.45) is 0 Å². The number of hydrogen-bond donors (Lipinski definition) is 3. The summed E-state index contributed by atoms with van der Waals surface area (Å²) < 4.78 is 1.23. The molecule has 8 heteroatoms. The lowest BCUT2D eigenvalue weighted by Gasteiger charge is -2.13. The number of benzene rings is 1. The largest absolute Gasteiger partial charge is 0.390 e. The molecule has 0 fully saturated rings. The minimum Gasteiger partial charge on any atom is -0.390 e. The van der Waals surface area contributed by atoms with E-state index in [-0.39, 0.29) is 12.6 Å². The number of fused-ring (bicyclic) bond motifs is 1. The van der Waals surface area contributed by atoms with E-state index in [1.54, 1.807) is 6.07 Å². The number of nitrogens with two attached hydrogens (primary N) is 1. The van der Waals surface area contributed by atoms with E-state index in [0.29, 0.717) is 22.6 Å². The zero-order chi connectivity index (χ0) is 18.3. The van der Waals surface area contributed by atoms with E-state index in [4.69, 9.17) is 5.73 Å². The van der Waals surface area contributed by atoms with Gasteiger partial charge in [0.05, 0.1) is 23.6 Å². The predicted molar refractivity (Wildman–Crippen MR) is 97.3 cm³/mol. The molecule has 0 aliphatic carbocycles. The molecule has 0 aliphatic heterocycles. The Balaban J connectivity index is 2.14. The van der Waals surface area contributed by atoms with Gasteiger partial charge in [-0.25, -0.2) is 19.3 Å². The fourth-order valence-corrected chi connectivity index (χ4v) is 3.04. The Morgan fingerprint density at radius 3 is 2.65 bits per heavy atom. The van der Waals surface area contributed by atoms with Crippen molar-refractivity contribution in [3.63, 3.8) is 0 Å². The van der Waals surface area contributed by atoms with Gasteiger partial charge in [0.1, 0.15) is 0 Å². The van der Waals surface area contributed by atoms with Crippen LogP contribution in [-0.4, -0.2) is 29.7 Å². The van der Waals surface area contributed by atoms with Crippen LogP contribution in [0, 0.1) is 6.92 Å². The number of aryl methyl sites for hydroxylation is 1. The number of nitrogens with one attached hydrogen (secondary N) is 1. The topological polar surface area (TPSA) is 122 Å². The number of aliphatic hydroxyl groups is 1. The molecule has 4 N–H and O–H groups in total. The number of aliphatic hydroxyl groups excluding tert-OH is 1. The molecular weight excluding hydrogens is 332 g/mol. The Hall–Kier alpha value is -3.52. The van der Waals surface area contributed by atoms with Gasteiger partial charge in [0, 0.05) is 11.3 Å². The van der Waals surface area contributed by atoms with Crippen LogP contribution in [-0.2, 0) is 6.61 Å². The molecule has 0 aliphatic rings. The number of nitrogens with zero attached hydrogens (tertiary/aromatic N) is 4. The number of hydrogen-bond acceptors (Lipinski definition) is 6. The lowest BCUT2D eigenvalue weighted by molar-refractivity contribution is 0.276. The van der Waals surface area contributed by atoms with Crippen LogP contribution in [0.25, 0.3) is 28.0 Å². The van der Waals surface area contributed by atoms with Gasteiger partial charge >= 0.3 is 5.69 Å². The Bertz CT molecular complexity index is 1160. The van der Waals surface area contributed by atoms with Gasteiger partial charge in [-0.05, 0) is 24.6 Å². The SMILES string of the molecule is Cc1cc(-c2c(-c3ccccc3)nc(N)n3c(=O)[nH]nc23)cc(CO)n1.